The number of likely N-dealkylation sites (N-methyl/N-ethyl adjacent to an activating group) is 1. The van der Waals surface area contributed by atoms with Gasteiger partial charge in [-0.05, 0) is 24.7 Å². The number of aliphatic hydroxyl groups excluding tert-OH is 1. The second-order valence-electron chi connectivity index (χ2n) is 3.62. The number of hydrogen-bond donors (Lipinski definition) is 3. The maximum atomic E-state index is 11.2. The lowest BCUT2D eigenvalue weighted by Crippen LogP contribution is -2.34. The first kappa shape index (κ1) is 16.7. The monoisotopic (exact) mass is 274 g/mol. The molecule has 0 saturated heterocycles. The number of nitrogens with one attached hydrogen (secondary N) is 2. The third-order valence-electron chi connectivity index (χ3n) is 2.33. The molecular formula is C12H19ClN2O3. The first-order valence-electron chi connectivity index (χ1n) is 5.40. The van der Waals surface area contributed by atoms with Crippen molar-refractivity contribution in [3.05, 3.63) is 29.8 Å². The summed E-state index contributed by atoms with van der Waals surface area (Å²) in [6.07, 6.45) is -0.707. The first-order valence-corrected chi connectivity index (χ1v) is 5.40. The van der Waals surface area contributed by atoms with Crippen molar-refractivity contribution in [3.8, 4) is 5.75 Å². The molecule has 1 amide bonds. The van der Waals surface area contributed by atoms with Gasteiger partial charge in [-0.15, -0.1) is 12.4 Å². The molecule has 1 aromatic rings. The second kappa shape index (κ2) is 8.74. The molecule has 18 heavy (non-hydrogen) atoms. The van der Waals surface area contributed by atoms with E-state index in [9.17, 15) is 9.90 Å². The predicted molar refractivity (Wildman–Crippen MR) is 72.1 cm³/mol. The van der Waals surface area contributed by atoms with Crippen LogP contribution in [0, 0.1) is 0 Å². The van der Waals surface area contributed by atoms with Crippen molar-refractivity contribution in [3.63, 3.8) is 0 Å². The van der Waals surface area contributed by atoms with Crippen LogP contribution < -0.4 is 15.4 Å². The number of rotatable bonds is 6. The van der Waals surface area contributed by atoms with Gasteiger partial charge in [0.05, 0.1) is 19.8 Å². The Morgan fingerprint density at radius 2 is 2.00 bits per heavy atom. The van der Waals surface area contributed by atoms with Gasteiger partial charge in [-0.3, -0.25) is 4.79 Å². The van der Waals surface area contributed by atoms with E-state index in [1.54, 1.807) is 38.4 Å². The number of amides is 1. The summed E-state index contributed by atoms with van der Waals surface area (Å²) in [5.41, 5.74) is 0.746. The Bertz CT molecular complexity index is 357. The summed E-state index contributed by atoms with van der Waals surface area (Å²) in [6, 6.07) is 7.09. The Hall–Kier alpha value is -1.30. The van der Waals surface area contributed by atoms with Crippen LogP contribution in [0.25, 0.3) is 0 Å². The van der Waals surface area contributed by atoms with Crippen LogP contribution in [0.15, 0.2) is 24.3 Å². The van der Waals surface area contributed by atoms with Gasteiger partial charge in [0.2, 0.25) is 5.91 Å². The third kappa shape index (κ3) is 5.35. The van der Waals surface area contributed by atoms with Gasteiger partial charge in [0.1, 0.15) is 5.75 Å². The van der Waals surface area contributed by atoms with E-state index in [0.29, 0.717) is 0 Å². The Morgan fingerprint density at radius 1 is 1.39 bits per heavy atom. The molecule has 3 N–H and O–H groups in total. The maximum Gasteiger partial charge on any atom is 0.234 e. The third-order valence-corrected chi connectivity index (χ3v) is 2.33. The van der Waals surface area contributed by atoms with Crippen molar-refractivity contribution in [1.82, 2.24) is 10.6 Å². The fraction of sp³-hybridized carbons (Fsp3) is 0.417. The normalized spacial score (nSPS) is 11.3. The number of hydrogen-bond acceptors (Lipinski definition) is 4. The van der Waals surface area contributed by atoms with E-state index in [2.05, 4.69) is 10.6 Å². The molecule has 0 saturated carbocycles. The summed E-state index contributed by atoms with van der Waals surface area (Å²) < 4.78 is 5.02. The topological polar surface area (TPSA) is 70.6 Å². The zero-order valence-corrected chi connectivity index (χ0v) is 11.3. The van der Waals surface area contributed by atoms with Gasteiger partial charge in [0.25, 0.3) is 0 Å². The molecule has 0 radical (unpaired) electrons. The predicted octanol–water partition coefficient (Wildman–Crippen LogP) is 0.486. The molecule has 102 valence electrons. The molecule has 1 aromatic carbocycles. The van der Waals surface area contributed by atoms with E-state index >= 15 is 0 Å². The summed E-state index contributed by atoms with van der Waals surface area (Å²) in [6.45, 7) is 0.447. The minimum atomic E-state index is -0.707. The summed E-state index contributed by atoms with van der Waals surface area (Å²) in [5.74, 6) is 0.597. The lowest BCUT2D eigenvalue weighted by Gasteiger charge is -2.12. The Kier molecular flexibility index (Phi) is 8.11. The van der Waals surface area contributed by atoms with E-state index in [0.717, 1.165) is 11.3 Å². The van der Waals surface area contributed by atoms with Crippen LogP contribution in [0.2, 0.25) is 0 Å². The van der Waals surface area contributed by atoms with Crippen LogP contribution in [-0.4, -0.2) is 38.3 Å². The molecule has 1 rings (SSSR count). The summed E-state index contributed by atoms with van der Waals surface area (Å²) >= 11 is 0. The summed E-state index contributed by atoms with van der Waals surface area (Å²) in [5, 5.41) is 15.2. The minimum Gasteiger partial charge on any atom is -0.497 e. The zero-order valence-electron chi connectivity index (χ0n) is 10.5. The smallest absolute Gasteiger partial charge is 0.234 e. The largest absolute Gasteiger partial charge is 0.497 e. The SMILES string of the molecule is CNCC(=O)NCC(O)c1ccc(OC)cc1.Cl. The number of ether oxygens (including phenoxy) is 1. The van der Waals surface area contributed by atoms with Crippen LogP contribution in [0.4, 0.5) is 0 Å². The van der Waals surface area contributed by atoms with E-state index in [1.807, 2.05) is 0 Å². The second-order valence-corrected chi connectivity index (χ2v) is 3.62. The fourth-order valence-corrected chi connectivity index (χ4v) is 1.38. The van der Waals surface area contributed by atoms with E-state index < -0.39 is 6.10 Å². The molecule has 0 fully saturated rings. The number of aliphatic hydroxyl groups is 1. The zero-order chi connectivity index (χ0) is 12.7. The lowest BCUT2D eigenvalue weighted by molar-refractivity contribution is -0.120. The fourth-order valence-electron chi connectivity index (χ4n) is 1.38. The Balaban J connectivity index is 0.00000289. The van der Waals surface area contributed by atoms with Crippen LogP contribution >= 0.6 is 12.4 Å². The molecule has 1 unspecified atom stereocenters. The van der Waals surface area contributed by atoms with E-state index in [1.165, 1.54) is 0 Å². The van der Waals surface area contributed by atoms with Gasteiger partial charge in [-0.2, -0.15) is 0 Å². The van der Waals surface area contributed by atoms with Crippen molar-refractivity contribution in [2.24, 2.45) is 0 Å². The number of carbonyl (C=O) groups is 1. The number of methoxy groups -OCH3 is 1. The van der Waals surface area contributed by atoms with Gasteiger partial charge < -0.3 is 20.5 Å². The highest BCUT2D eigenvalue weighted by molar-refractivity contribution is 5.85. The highest BCUT2D eigenvalue weighted by Gasteiger charge is 2.08. The van der Waals surface area contributed by atoms with Gasteiger partial charge in [-0.1, -0.05) is 12.1 Å². The van der Waals surface area contributed by atoms with Crippen LogP contribution in [0.3, 0.4) is 0 Å². The molecule has 1 atom stereocenters. The molecule has 0 aliphatic carbocycles. The molecule has 0 spiro atoms. The highest BCUT2D eigenvalue weighted by Crippen LogP contribution is 2.16. The van der Waals surface area contributed by atoms with Crippen molar-refractivity contribution in [2.75, 3.05) is 27.2 Å². The van der Waals surface area contributed by atoms with Gasteiger partial charge in [-0.25, -0.2) is 0 Å². The van der Waals surface area contributed by atoms with Crippen molar-refractivity contribution >= 4 is 18.3 Å². The molecular weight excluding hydrogens is 256 g/mol. The summed E-state index contributed by atoms with van der Waals surface area (Å²) in [7, 11) is 3.28. The molecule has 0 aliphatic rings. The van der Waals surface area contributed by atoms with Crippen molar-refractivity contribution in [1.29, 1.82) is 0 Å². The van der Waals surface area contributed by atoms with Crippen molar-refractivity contribution in [2.45, 2.75) is 6.10 Å². The maximum absolute atomic E-state index is 11.2. The molecule has 0 bridgehead atoms. The highest BCUT2D eigenvalue weighted by atomic mass is 35.5. The van der Waals surface area contributed by atoms with Crippen molar-refractivity contribution < 1.29 is 14.6 Å². The Morgan fingerprint density at radius 3 is 2.50 bits per heavy atom. The molecule has 0 heterocycles. The first-order chi connectivity index (χ1) is 8.17. The number of halogens is 1. The number of carbonyl (C=O) groups excluding carboxylic acids is 1. The Labute approximate surface area is 113 Å². The van der Waals surface area contributed by atoms with Gasteiger partial charge >= 0.3 is 0 Å². The minimum absolute atomic E-state index is 0. The van der Waals surface area contributed by atoms with Crippen LogP contribution in [0.1, 0.15) is 11.7 Å². The van der Waals surface area contributed by atoms with E-state index in [4.69, 9.17) is 4.74 Å². The molecule has 0 aliphatic heterocycles. The summed E-state index contributed by atoms with van der Waals surface area (Å²) in [4.78, 5) is 11.2. The van der Waals surface area contributed by atoms with Crippen LogP contribution in [-0.2, 0) is 4.79 Å². The molecule has 0 aromatic heterocycles. The van der Waals surface area contributed by atoms with E-state index in [-0.39, 0.29) is 31.4 Å². The number of benzene rings is 1. The lowest BCUT2D eigenvalue weighted by atomic mass is 10.1. The average molecular weight is 275 g/mol. The van der Waals surface area contributed by atoms with Gasteiger partial charge in [0, 0.05) is 6.54 Å². The average Bonchev–Trinajstić information content (AvgIpc) is 2.36. The molecule has 5 nitrogen and oxygen atoms in total. The molecule has 6 heteroatoms. The standard InChI is InChI=1S/C12H18N2O3.ClH/c1-13-8-12(16)14-7-11(15)9-3-5-10(17-2)6-4-9;/h3-6,11,13,15H,7-8H2,1-2H3,(H,14,16);1H. The van der Waals surface area contributed by atoms with Gasteiger partial charge in [0.15, 0.2) is 0 Å². The quantitative estimate of drug-likeness (QED) is 0.706. The van der Waals surface area contributed by atoms with Crippen LogP contribution in [0.5, 0.6) is 5.75 Å².